The van der Waals surface area contributed by atoms with Crippen molar-refractivity contribution < 1.29 is 43.9 Å². The van der Waals surface area contributed by atoms with E-state index in [1.165, 1.54) is 6.92 Å². The maximum absolute atomic E-state index is 12.6. The normalized spacial score (nSPS) is 16.0. The first-order valence-electron chi connectivity index (χ1n) is 5.06. The van der Waals surface area contributed by atoms with Crippen LogP contribution in [0.25, 0.3) is 0 Å². The van der Waals surface area contributed by atoms with Crippen molar-refractivity contribution in [1.29, 1.82) is 0 Å². The van der Waals surface area contributed by atoms with Crippen molar-refractivity contribution in [1.82, 2.24) is 3.71 Å². The molecule has 0 aliphatic rings. The average molecular weight is 375 g/mol. The molecule has 0 fully saturated rings. The van der Waals surface area contributed by atoms with Gasteiger partial charge in [0.15, 0.2) is 0 Å². The quantitative estimate of drug-likeness (QED) is 0.563. The zero-order valence-corrected chi connectivity index (χ0v) is 12.4. The fourth-order valence-corrected chi connectivity index (χ4v) is 3.83. The van der Waals surface area contributed by atoms with Gasteiger partial charge in [-0.25, -0.2) is 0 Å². The Morgan fingerprint density at radius 2 is 1.55 bits per heavy atom. The van der Waals surface area contributed by atoms with Crippen LogP contribution in [0.1, 0.15) is 6.92 Å². The van der Waals surface area contributed by atoms with Gasteiger partial charge in [-0.15, -0.1) is 3.71 Å². The first-order valence-corrected chi connectivity index (χ1v) is 8.00. The van der Waals surface area contributed by atoms with Crippen LogP contribution >= 0.6 is 10.8 Å². The maximum atomic E-state index is 12.6. The van der Waals surface area contributed by atoms with Crippen molar-refractivity contribution in [3.8, 4) is 0 Å². The second kappa shape index (κ2) is 6.52. The van der Waals surface area contributed by atoms with Crippen LogP contribution in [0.15, 0.2) is 36.6 Å². The molecule has 22 heavy (non-hydrogen) atoms. The molecule has 0 spiro atoms. The van der Waals surface area contributed by atoms with E-state index < -0.39 is 41.2 Å². The fraction of sp³-hybridized carbons (Fsp3) is 0.333. The summed E-state index contributed by atoms with van der Waals surface area (Å²) in [6.07, 6.45) is 2.85. The Bertz CT molecular complexity index is 576. The van der Waals surface area contributed by atoms with Crippen LogP contribution in [0.5, 0.6) is 0 Å². The highest BCUT2D eigenvalue weighted by Gasteiger charge is 2.61. The lowest BCUT2D eigenvalue weighted by molar-refractivity contribution is -0.0596. The maximum Gasteiger partial charge on any atom is 0.518 e. The van der Waals surface area contributed by atoms with Gasteiger partial charge < -0.3 is 0 Å². The number of sulfonamides is 1. The van der Waals surface area contributed by atoms with Crippen molar-refractivity contribution in [3.05, 3.63) is 36.6 Å². The number of nitrogens with zero attached hydrogens (tertiary/aromatic N) is 1. The zero-order valence-electron chi connectivity index (χ0n) is 10.8. The first-order chi connectivity index (χ1) is 9.64. The van der Waals surface area contributed by atoms with Crippen molar-refractivity contribution in [2.75, 3.05) is 0 Å². The van der Waals surface area contributed by atoms with Gasteiger partial charge in [0.25, 0.3) is 0 Å². The number of alkyl halides is 6. The number of rotatable bonds is 5. The summed E-state index contributed by atoms with van der Waals surface area (Å²) in [5.74, 6) is 0. The lowest BCUT2D eigenvalue weighted by Crippen LogP contribution is -2.45. The Labute approximate surface area is 123 Å². The molecule has 2 N–H and O–H groups in total. The number of allylic oxidation sites excluding steroid dienone is 4. The molecule has 0 aromatic carbocycles. The van der Waals surface area contributed by atoms with Crippen molar-refractivity contribution in [2.24, 2.45) is 0 Å². The molecule has 0 rings (SSSR count). The van der Waals surface area contributed by atoms with E-state index in [2.05, 4.69) is 6.58 Å². The predicted molar refractivity (Wildman–Crippen MR) is 68.8 cm³/mol. The molecular weight excluding hydrogens is 364 g/mol. The Hall–Kier alpha value is -1.18. The summed E-state index contributed by atoms with van der Waals surface area (Å²) in [5, 5.41) is 0. The van der Waals surface area contributed by atoms with Crippen LogP contribution in [0.3, 0.4) is 0 Å². The molecule has 0 bridgehead atoms. The molecule has 13 heteroatoms. The van der Waals surface area contributed by atoms with Gasteiger partial charge in [0.2, 0.25) is 0 Å². The minimum atomic E-state index is -6.74. The first kappa shape index (κ1) is 20.8. The third-order valence-corrected chi connectivity index (χ3v) is 5.67. The second-order valence-electron chi connectivity index (χ2n) is 3.46. The van der Waals surface area contributed by atoms with Gasteiger partial charge in [-0.2, -0.15) is 34.8 Å². The van der Waals surface area contributed by atoms with Crippen molar-refractivity contribution in [2.45, 2.75) is 17.9 Å². The largest absolute Gasteiger partial charge is 0.518 e. The van der Waals surface area contributed by atoms with Crippen LogP contribution in [0.2, 0.25) is 0 Å². The van der Waals surface area contributed by atoms with Crippen LogP contribution in [-0.4, -0.2) is 32.3 Å². The summed E-state index contributed by atoms with van der Waals surface area (Å²) in [4.78, 5) is 0. The minimum Gasteiger partial charge on any atom is -0.274 e. The molecule has 0 saturated heterocycles. The zero-order chi connectivity index (χ0) is 18.0. The van der Waals surface area contributed by atoms with E-state index in [-0.39, 0.29) is 0 Å². The topological polar surface area (TPSA) is 77.8 Å². The number of hydrogen-bond donors (Lipinski definition) is 2. The van der Waals surface area contributed by atoms with Gasteiger partial charge in [0.1, 0.15) is 0 Å². The molecule has 130 valence electrons. The molecular formula is C9H11F6NO4S2. The summed E-state index contributed by atoms with van der Waals surface area (Å²) >= 11 is 0. The lowest BCUT2D eigenvalue weighted by Gasteiger charge is -2.43. The molecule has 5 nitrogen and oxygen atoms in total. The molecule has 0 aromatic rings. The Kier molecular flexibility index (Phi) is 6.17. The standard InChI is InChI=1S/C9H11F6NO4S2/c1-3-5-6-7(4-2)16(21(17,18)8(10,11)12)22(19,20)9(13,14)15/h3-6,17-18H,2H2,1H3/b5-3-,7-6+. The van der Waals surface area contributed by atoms with Crippen molar-refractivity contribution in [3.63, 3.8) is 0 Å². The average Bonchev–Trinajstić information content (AvgIpc) is 2.30. The Morgan fingerprint density at radius 1 is 1.09 bits per heavy atom. The molecule has 0 radical (unpaired) electrons. The molecule has 0 heterocycles. The van der Waals surface area contributed by atoms with Crippen LogP contribution in [-0.2, 0) is 10.0 Å². The molecule has 0 saturated carbocycles. The van der Waals surface area contributed by atoms with E-state index in [1.54, 1.807) is 0 Å². The van der Waals surface area contributed by atoms with E-state index in [0.29, 0.717) is 12.2 Å². The highest BCUT2D eigenvalue weighted by Crippen LogP contribution is 2.62. The van der Waals surface area contributed by atoms with Crippen LogP contribution in [0.4, 0.5) is 26.3 Å². The van der Waals surface area contributed by atoms with Gasteiger partial charge in [-0.1, -0.05) is 18.7 Å². The smallest absolute Gasteiger partial charge is 0.274 e. The third-order valence-electron chi connectivity index (χ3n) is 1.93. The minimum absolute atomic E-state index is 0.309. The molecule has 0 amide bonds. The predicted octanol–water partition coefficient (Wildman–Crippen LogP) is 3.97. The Balaban J connectivity index is 6.57. The highest BCUT2D eigenvalue weighted by atomic mass is 32.3. The molecule has 0 atom stereocenters. The lowest BCUT2D eigenvalue weighted by atomic mass is 10.4. The van der Waals surface area contributed by atoms with E-state index in [0.717, 1.165) is 12.2 Å². The SMILES string of the molecule is C=C/C(=C\C=C/C)N(S(O)(O)C(F)(F)F)S(=O)(=O)C(F)(F)F. The highest BCUT2D eigenvalue weighted by molar-refractivity contribution is 8.28. The summed E-state index contributed by atoms with van der Waals surface area (Å²) < 4.78 is 115. The molecule has 0 unspecified atom stereocenters. The third kappa shape index (κ3) is 3.97. The van der Waals surface area contributed by atoms with Crippen molar-refractivity contribution >= 4 is 20.8 Å². The van der Waals surface area contributed by atoms with Gasteiger partial charge in [-0.3, -0.25) is 9.11 Å². The van der Waals surface area contributed by atoms with Crippen LogP contribution in [0, 0.1) is 0 Å². The molecule has 0 aliphatic heterocycles. The van der Waals surface area contributed by atoms with Gasteiger partial charge in [-0.05, 0) is 29.9 Å². The summed E-state index contributed by atoms with van der Waals surface area (Å²) in [6, 6.07) is 0. The van der Waals surface area contributed by atoms with Gasteiger partial charge >= 0.3 is 21.0 Å². The summed E-state index contributed by atoms with van der Waals surface area (Å²) in [6.45, 7) is 4.21. The fourth-order valence-electron chi connectivity index (χ4n) is 1.01. The van der Waals surface area contributed by atoms with E-state index >= 15 is 0 Å². The molecule has 0 aliphatic carbocycles. The van der Waals surface area contributed by atoms with Crippen LogP contribution < -0.4 is 0 Å². The summed E-state index contributed by atoms with van der Waals surface area (Å²) in [5.41, 5.74) is -13.6. The van der Waals surface area contributed by atoms with Gasteiger partial charge in [0.05, 0.1) is 5.70 Å². The van der Waals surface area contributed by atoms with E-state index in [9.17, 15) is 34.8 Å². The monoisotopic (exact) mass is 375 g/mol. The number of hydrogen-bond acceptors (Lipinski definition) is 4. The number of halogens is 6. The van der Waals surface area contributed by atoms with E-state index in [1.807, 2.05) is 0 Å². The van der Waals surface area contributed by atoms with E-state index in [4.69, 9.17) is 9.11 Å². The second-order valence-corrected chi connectivity index (χ2v) is 7.34. The summed E-state index contributed by atoms with van der Waals surface area (Å²) in [7, 11) is -13.1. The van der Waals surface area contributed by atoms with Gasteiger partial charge in [0, 0.05) is 0 Å². The Morgan fingerprint density at radius 3 is 1.82 bits per heavy atom. The molecule has 0 aromatic heterocycles.